The minimum absolute atomic E-state index is 0.0342. The van der Waals surface area contributed by atoms with Crippen LogP contribution >= 0.6 is 23.2 Å². The molecule has 2 N–H and O–H groups in total. The molecule has 0 aromatic heterocycles. The molecule has 0 spiro atoms. The van der Waals surface area contributed by atoms with Crippen molar-refractivity contribution in [1.82, 2.24) is 5.32 Å². The molecule has 0 aliphatic heterocycles. The van der Waals surface area contributed by atoms with Gasteiger partial charge >= 0.3 is 11.9 Å². The minimum atomic E-state index is -1.24. The van der Waals surface area contributed by atoms with E-state index in [9.17, 15) is 19.5 Å². The molecule has 1 amide bonds. The predicted molar refractivity (Wildman–Crippen MR) is 96.7 cm³/mol. The lowest BCUT2D eigenvalue weighted by Gasteiger charge is -2.20. The Balaban J connectivity index is 2.38. The average molecular weight is 396 g/mol. The highest BCUT2D eigenvalue weighted by Gasteiger charge is 2.24. The van der Waals surface area contributed by atoms with Gasteiger partial charge in [-0.05, 0) is 23.8 Å². The summed E-state index contributed by atoms with van der Waals surface area (Å²) >= 11 is 12.2. The highest BCUT2D eigenvalue weighted by atomic mass is 35.5. The van der Waals surface area contributed by atoms with Crippen LogP contribution in [-0.4, -0.2) is 30.1 Å². The summed E-state index contributed by atoms with van der Waals surface area (Å²) in [5.74, 6) is -2.47. The van der Waals surface area contributed by atoms with Gasteiger partial charge in [-0.15, -0.1) is 0 Å². The molecule has 26 heavy (non-hydrogen) atoms. The predicted octanol–water partition coefficient (Wildman–Crippen LogP) is 3.73. The molecule has 6 nitrogen and oxygen atoms in total. The molecule has 2 rings (SSSR count). The Kier molecular flexibility index (Phi) is 6.60. The Bertz CT molecular complexity index is 853. The van der Waals surface area contributed by atoms with Crippen molar-refractivity contribution in [3.05, 3.63) is 69.2 Å². The van der Waals surface area contributed by atoms with Gasteiger partial charge in [0.25, 0.3) is 5.91 Å². The van der Waals surface area contributed by atoms with Crippen LogP contribution in [-0.2, 0) is 9.53 Å². The monoisotopic (exact) mass is 395 g/mol. The first kappa shape index (κ1) is 19.8. The fourth-order valence-corrected chi connectivity index (χ4v) is 2.82. The highest BCUT2D eigenvalue weighted by molar-refractivity contribution is 6.42. The third kappa shape index (κ3) is 4.53. The van der Waals surface area contributed by atoms with Crippen LogP contribution in [0.3, 0.4) is 0 Å². The zero-order valence-electron chi connectivity index (χ0n) is 13.7. The molecular weight excluding hydrogens is 381 g/mol. The number of nitrogens with one attached hydrogen (secondary N) is 1. The van der Waals surface area contributed by atoms with E-state index in [4.69, 9.17) is 23.2 Å². The first-order valence-electron chi connectivity index (χ1n) is 7.49. The zero-order valence-corrected chi connectivity index (χ0v) is 15.2. The summed E-state index contributed by atoms with van der Waals surface area (Å²) in [6.07, 6.45) is -0.197. The van der Waals surface area contributed by atoms with E-state index in [-0.39, 0.29) is 27.6 Å². The maximum absolute atomic E-state index is 12.6. The van der Waals surface area contributed by atoms with E-state index < -0.39 is 23.9 Å². The van der Waals surface area contributed by atoms with Gasteiger partial charge in [0, 0.05) is 0 Å². The van der Waals surface area contributed by atoms with Gasteiger partial charge in [0.15, 0.2) is 0 Å². The van der Waals surface area contributed by atoms with Crippen LogP contribution in [0.4, 0.5) is 0 Å². The Morgan fingerprint density at radius 1 is 1.08 bits per heavy atom. The maximum Gasteiger partial charge on any atom is 0.336 e. The van der Waals surface area contributed by atoms with E-state index >= 15 is 0 Å². The molecule has 2 aromatic rings. The number of hydrogen-bond donors (Lipinski definition) is 2. The van der Waals surface area contributed by atoms with Gasteiger partial charge in [-0.25, -0.2) is 4.79 Å². The third-order valence-electron chi connectivity index (χ3n) is 3.66. The number of amides is 1. The number of methoxy groups -OCH3 is 1. The number of carbonyl (C=O) groups is 3. The highest BCUT2D eigenvalue weighted by Crippen LogP contribution is 2.32. The quantitative estimate of drug-likeness (QED) is 0.726. The van der Waals surface area contributed by atoms with E-state index in [1.54, 1.807) is 24.3 Å². The molecule has 0 heterocycles. The van der Waals surface area contributed by atoms with Crippen molar-refractivity contribution in [2.45, 2.75) is 12.5 Å². The fourth-order valence-electron chi connectivity index (χ4n) is 2.38. The van der Waals surface area contributed by atoms with Gasteiger partial charge in [-0.1, -0.05) is 47.5 Å². The van der Waals surface area contributed by atoms with Gasteiger partial charge in [0.2, 0.25) is 0 Å². The number of carboxylic acids is 1. The van der Waals surface area contributed by atoms with Gasteiger partial charge in [0.1, 0.15) is 0 Å². The first-order chi connectivity index (χ1) is 12.3. The standard InChI is InChI=1S/C18H15Cl2NO5/c1-26-15(22)9-14(12-7-4-8-13(19)16(12)20)21-17(23)10-5-2-3-6-11(10)18(24)25/h2-8,14H,9H2,1H3,(H,21,23)(H,24,25). The lowest BCUT2D eigenvalue weighted by atomic mass is 10.0. The number of carbonyl (C=O) groups excluding carboxylic acids is 2. The van der Waals surface area contributed by atoms with Crippen LogP contribution in [0.15, 0.2) is 42.5 Å². The van der Waals surface area contributed by atoms with E-state index in [0.29, 0.717) is 5.56 Å². The number of hydrogen-bond acceptors (Lipinski definition) is 4. The smallest absolute Gasteiger partial charge is 0.336 e. The van der Waals surface area contributed by atoms with Crippen LogP contribution < -0.4 is 5.32 Å². The first-order valence-corrected chi connectivity index (χ1v) is 8.24. The van der Waals surface area contributed by atoms with Gasteiger partial charge in [-0.2, -0.15) is 0 Å². The Morgan fingerprint density at radius 3 is 2.35 bits per heavy atom. The molecule has 8 heteroatoms. The normalized spacial score (nSPS) is 11.5. The van der Waals surface area contributed by atoms with Crippen molar-refractivity contribution >= 4 is 41.0 Å². The molecule has 0 fully saturated rings. The van der Waals surface area contributed by atoms with E-state index in [1.807, 2.05) is 0 Å². The molecule has 1 atom stereocenters. The summed E-state index contributed by atoms with van der Waals surface area (Å²) in [5, 5.41) is 12.3. The lowest BCUT2D eigenvalue weighted by molar-refractivity contribution is -0.141. The van der Waals surface area contributed by atoms with Gasteiger partial charge < -0.3 is 15.2 Å². The second-order valence-electron chi connectivity index (χ2n) is 5.30. The van der Waals surface area contributed by atoms with Crippen LogP contribution in [0.1, 0.15) is 38.7 Å². The second kappa shape index (κ2) is 8.69. The molecule has 136 valence electrons. The van der Waals surface area contributed by atoms with Crippen molar-refractivity contribution in [3.63, 3.8) is 0 Å². The molecular formula is C18H15Cl2NO5. The topological polar surface area (TPSA) is 92.7 Å². The summed E-state index contributed by atoms with van der Waals surface area (Å²) in [6.45, 7) is 0. The van der Waals surface area contributed by atoms with E-state index in [2.05, 4.69) is 10.1 Å². The number of benzene rings is 2. The van der Waals surface area contributed by atoms with Crippen LogP contribution in [0.2, 0.25) is 10.0 Å². The fraction of sp³-hybridized carbons (Fsp3) is 0.167. The summed E-state index contributed by atoms with van der Waals surface area (Å²) in [7, 11) is 1.22. The molecule has 2 aromatic carbocycles. The molecule has 0 saturated heterocycles. The summed E-state index contributed by atoms with van der Waals surface area (Å²) in [4.78, 5) is 35.7. The van der Waals surface area contributed by atoms with Crippen molar-refractivity contribution < 1.29 is 24.2 Å². The number of rotatable bonds is 6. The van der Waals surface area contributed by atoms with E-state index in [0.717, 1.165) is 0 Å². The summed E-state index contributed by atoms with van der Waals surface area (Å²) in [6, 6.07) is 9.73. The molecule has 0 radical (unpaired) electrons. The SMILES string of the molecule is COC(=O)CC(NC(=O)c1ccccc1C(=O)O)c1cccc(Cl)c1Cl. The Morgan fingerprint density at radius 2 is 1.73 bits per heavy atom. The van der Waals surface area contributed by atoms with Crippen molar-refractivity contribution in [2.24, 2.45) is 0 Å². The largest absolute Gasteiger partial charge is 0.478 e. The van der Waals surface area contributed by atoms with Crippen LogP contribution in [0.25, 0.3) is 0 Å². The zero-order chi connectivity index (χ0) is 19.3. The molecule has 0 aliphatic carbocycles. The molecule has 0 saturated carbocycles. The van der Waals surface area contributed by atoms with Gasteiger partial charge in [0.05, 0.1) is 40.7 Å². The molecule has 1 unspecified atom stereocenters. The second-order valence-corrected chi connectivity index (χ2v) is 6.09. The lowest BCUT2D eigenvalue weighted by Crippen LogP contribution is -2.31. The molecule has 0 bridgehead atoms. The van der Waals surface area contributed by atoms with Crippen molar-refractivity contribution in [2.75, 3.05) is 7.11 Å². The van der Waals surface area contributed by atoms with Gasteiger partial charge in [-0.3, -0.25) is 9.59 Å². The average Bonchev–Trinajstić information content (AvgIpc) is 2.63. The van der Waals surface area contributed by atoms with Crippen molar-refractivity contribution in [3.8, 4) is 0 Å². The van der Waals surface area contributed by atoms with Crippen molar-refractivity contribution in [1.29, 1.82) is 0 Å². The summed E-state index contributed by atoms with van der Waals surface area (Å²) in [5.41, 5.74) is 0.234. The Hall–Kier alpha value is -2.57. The van der Waals surface area contributed by atoms with Crippen LogP contribution in [0.5, 0.6) is 0 Å². The number of aromatic carboxylic acids is 1. The molecule has 0 aliphatic rings. The maximum atomic E-state index is 12.6. The number of ether oxygens (including phenoxy) is 1. The number of carboxylic acid groups (broad SMARTS) is 1. The van der Waals surface area contributed by atoms with Crippen LogP contribution in [0, 0.1) is 0 Å². The summed E-state index contributed by atoms with van der Waals surface area (Å²) < 4.78 is 4.66. The third-order valence-corrected chi connectivity index (χ3v) is 4.50. The number of esters is 1. The minimum Gasteiger partial charge on any atom is -0.478 e. The Labute approximate surface area is 159 Å². The number of halogens is 2. The van der Waals surface area contributed by atoms with E-state index in [1.165, 1.54) is 25.3 Å².